The van der Waals surface area contributed by atoms with Crippen molar-refractivity contribution in [3.8, 4) is 22.9 Å². The highest BCUT2D eigenvalue weighted by Gasteiger charge is 2.31. The van der Waals surface area contributed by atoms with Crippen molar-refractivity contribution in [3.05, 3.63) is 119 Å². The van der Waals surface area contributed by atoms with Crippen LogP contribution in [0.5, 0.6) is 11.5 Å². The van der Waals surface area contributed by atoms with Crippen LogP contribution in [-0.2, 0) is 29.6 Å². The minimum Gasteiger partial charge on any atom is -0.481 e. The summed E-state index contributed by atoms with van der Waals surface area (Å²) in [5.41, 5.74) is 4.86. The van der Waals surface area contributed by atoms with Gasteiger partial charge in [-0.3, -0.25) is 9.48 Å². The Kier molecular flexibility index (Phi) is 8.09. The summed E-state index contributed by atoms with van der Waals surface area (Å²) in [7, 11) is 0. The fraction of sp³-hybridized carbons (Fsp3) is 0.270. The maximum atomic E-state index is 15.6. The second kappa shape index (κ2) is 12.5. The second-order valence-corrected chi connectivity index (χ2v) is 12.5. The summed E-state index contributed by atoms with van der Waals surface area (Å²) in [5, 5.41) is 14.6. The number of halogens is 2. The Bertz CT molecular complexity index is 2080. The number of carboxylic acid groups (broad SMARTS) is 1. The number of rotatable bonds is 4. The number of carboxylic acids is 1. The SMILES string of the molecule is CC1(c2cccc(CCC(=O)O)c2)CCCCCc2cnn(c2)Cc2c(c(F)cc3[nH]ccc23)Oc2ccc(F)c(c2)-c2ncc1[nH]2. The van der Waals surface area contributed by atoms with E-state index in [1.54, 1.807) is 17.1 Å². The third-order valence-electron chi connectivity index (χ3n) is 9.29. The molecular formula is C37H35F2N5O3. The van der Waals surface area contributed by atoms with Gasteiger partial charge in [0.25, 0.3) is 0 Å². The Morgan fingerprint density at radius 2 is 1.96 bits per heavy atom. The van der Waals surface area contributed by atoms with Crippen molar-refractivity contribution in [2.75, 3.05) is 0 Å². The van der Waals surface area contributed by atoms with E-state index in [2.05, 4.69) is 39.1 Å². The number of imidazole rings is 1. The largest absolute Gasteiger partial charge is 0.481 e. The molecule has 0 radical (unpaired) electrons. The predicted molar refractivity (Wildman–Crippen MR) is 175 cm³/mol. The summed E-state index contributed by atoms with van der Waals surface area (Å²) in [6.45, 7) is 2.44. The van der Waals surface area contributed by atoms with E-state index >= 15 is 8.78 Å². The van der Waals surface area contributed by atoms with Gasteiger partial charge in [0.05, 0.1) is 18.3 Å². The lowest BCUT2D eigenvalue weighted by Gasteiger charge is -2.30. The predicted octanol–water partition coefficient (Wildman–Crippen LogP) is 8.31. The average molecular weight is 636 g/mol. The number of nitrogens with zero attached hydrogens (tertiary/aromatic N) is 3. The molecule has 3 N–H and O–H groups in total. The van der Waals surface area contributed by atoms with Crippen LogP contribution in [0.25, 0.3) is 22.3 Å². The van der Waals surface area contributed by atoms with Crippen molar-refractivity contribution in [2.45, 2.75) is 63.8 Å². The van der Waals surface area contributed by atoms with Crippen LogP contribution in [0.1, 0.15) is 67.0 Å². The molecule has 4 heterocycles. The summed E-state index contributed by atoms with van der Waals surface area (Å²) in [4.78, 5) is 22.3. The molecule has 1 aliphatic heterocycles. The number of benzene rings is 3. The Hall–Kier alpha value is -5.25. The molecule has 0 saturated carbocycles. The highest BCUT2D eigenvalue weighted by molar-refractivity contribution is 5.85. The number of carbonyl (C=O) groups is 1. The van der Waals surface area contributed by atoms with Gasteiger partial charge in [0.1, 0.15) is 17.4 Å². The average Bonchev–Trinajstić information content (AvgIpc) is 3.84. The maximum Gasteiger partial charge on any atom is 0.303 e. The van der Waals surface area contributed by atoms with Gasteiger partial charge in [-0.25, -0.2) is 13.8 Å². The monoisotopic (exact) mass is 635 g/mol. The Labute approximate surface area is 270 Å². The minimum absolute atomic E-state index is 0.0487. The zero-order valence-electron chi connectivity index (χ0n) is 26.0. The first-order chi connectivity index (χ1) is 22.8. The number of hydrogen-bond donors (Lipinski definition) is 3. The molecule has 0 amide bonds. The number of aromatic nitrogens is 5. The van der Waals surface area contributed by atoms with Crippen LogP contribution in [0.2, 0.25) is 0 Å². The fourth-order valence-electron chi connectivity index (χ4n) is 6.62. The molecule has 1 atom stereocenters. The van der Waals surface area contributed by atoms with Gasteiger partial charge < -0.3 is 19.8 Å². The zero-order chi connectivity index (χ0) is 32.5. The highest BCUT2D eigenvalue weighted by atomic mass is 19.1. The van der Waals surface area contributed by atoms with E-state index in [4.69, 9.17) is 4.74 Å². The van der Waals surface area contributed by atoms with Gasteiger partial charge in [-0.15, -0.1) is 0 Å². The number of ether oxygens (including phenoxy) is 1. The van der Waals surface area contributed by atoms with E-state index in [0.29, 0.717) is 29.9 Å². The molecule has 47 heavy (non-hydrogen) atoms. The Morgan fingerprint density at radius 1 is 1.06 bits per heavy atom. The molecule has 1 aliphatic rings. The number of aryl methyl sites for hydroxylation is 2. The second-order valence-electron chi connectivity index (χ2n) is 12.5. The summed E-state index contributed by atoms with van der Waals surface area (Å²) in [6.07, 6.45) is 12.3. The molecule has 7 rings (SSSR count). The van der Waals surface area contributed by atoms with E-state index in [-0.39, 0.29) is 23.5 Å². The lowest BCUT2D eigenvalue weighted by molar-refractivity contribution is -0.136. The standard InChI is InChI=1S/C37H35F2N5O3/c1-37(25-8-5-7-23(16-25)9-12-34(45)46)14-4-2-3-6-24-19-42-44(21-24)22-29-27-13-15-40-32(27)18-31(39)35(29)47-26-10-11-30(38)28(17-26)36-41-20-33(37)43-36/h5,7-8,10-11,13,15-21,40H,2-4,6,9,12,14,22H2,1H3,(H,41,43)(H,45,46). The molecule has 1 unspecified atom stereocenters. The fourth-order valence-corrected chi connectivity index (χ4v) is 6.62. The number of aromatic amines is 2. The molecule has 8 nitrogen and oxygen atoms in total. The van der Waals surface area contributed by atoms with Gasteiger partial charge in [-0.2, -0.15) is 5.10 Å². The van der Waals surface area contributed by atoms with Crippen molar-refractivity contribution < 1.29 is 23.4 Å². The van der Waals surface area contributed by atoms with Gasteiger partial charge in [-0.1, -0.05) is 37.1 Å². The molecule has 0 fully saturated rings. The summed E-state index contributed by atoms with van der Waals surface area (Å²) < 4.78 is 39.1. The number of nitrogens with one attached hydrogen (secondary N) is 2. The van der Waals surface area contributed by atoms with Gasteiger partial charge in [-0.05, 0) is 73.6 Å². The Balaban J connectivity index is 1.31. The summed E-state index contributed by atoms with van der Waals surface area (Å²) >= 11 is 0. The number of aliphatic carboxylic acids is 1. The zero-order valence-corrected chi connectivity index (χ0v) is 26.0. The van der Waals surface area contributed by atoms with Crippen LogP contribution in [0.4, 0.5) is 8.78 Å². The summed E-state index contributed by atoms with van der Waals surface area (Å²) in [6, 6.07) is 15.6. The molecule has 6 aromatic rings. The van der Waals surface area contributed by atoms with E-state index in [9.17, 15) is 9.90 Å². The molecule has 3 aromatic heterocycles. The number of H-pyrrole nitrogens is 2. The molecule has 0 aliphatic carbocycles. The topological polar surface area (TPSA) is 109 Å². The van der Waals surface area contributed by atoms with Gasteiger partial charge in [0.15, 0.2) is 11.6 Å². The van der Waals surface area contributed by atoms with E-state index in [0.717, 1.165) is 59.9 Å². The van der Waals surface area contributed by atoms with E-state index in [1.807, 2.05) is 30.6 Å². The van der Waals surface area contributed by atoms with Crippen LogP contribution in [-0.4, -0.2) is 35.8 Å². The quantitative estimate of drug-likeness (QED) is 0.181. The lowest BCUT2D eigenvalue weighted by atomic mass is 9.75. The van der Waals surface area contributed by atoms with Crippen LogP contribution in [0, 0.1) is 11.6 Å². The number of hydrogen-bond acceptors (Lipinski definition) is 4. The molecule has 3 aromatic carbocycles. The van der Waals surface area contributed by atoms with Gasteiger partial charge in [0.2, 0.25) is 0 Å². The smallest absolute Gasteiger partial charge is 0.303 e. The highest BCUT2D eigenvalue weighted by Crippen LogP contribution is 2.40. The first-order valence-electron chi connectivity index (χ1n) is 15.9. The van der Waals surface area contributed by atoms with Crippen LogP contribution >= 0.6 is 0 Å². The normalized spacial score (nSPS) is 16.9. The molecule has 0 spiro atoms. The first-order valence-corrected chi connectivity index (χ1v) is 15.9. The number of fused-ring (bicyclic) bond motifs is 10. The van der Waals surface area contributed by atoms with Crippen molar-refractivity contribution >= 4 is 16.9 Å². The third kappa shape index (κ3) is 6.15. The van der Waals surface area contributed by atoms with Crippen LogP contribution in [0.15, 0.2) is 79.4 Å². The van der Waals surface area contributed by atoms with Crippen molar-refractivity contribution in [2.24, 2.45) is 0 Å². The van der Waals surface area contributed by atoms with Crippen LogP contribution in [0.3, 0.4) is 0 Å². The summed E-state index contributed by atoms with van der Waals surface area (Å²) in [5.74, 6) is -1.22. The van der Waals surface area contributed by atoms with Crippen molar-refractivity contribution in [1.29, 1.82) is 0 Å². The first kappa shape index (κ1) is 30.4. The van der Waals surface area contributed by atoms with Crippen LogP contribution < -0.4 is 4.74 Å². The molecule has 10 heteroatoms. The van der Waals surface area contributed by atoms with E-state index < -0.39 is 23.0 Å². The molecular weight excluding hydrogens is 600 g/mol. The molecule has 6 bridgehead atoms. The molecule has 0 saturated heterocycles. The molecule has 240 valence electrons. The maximum absolute atomic E-state index is 15.6. The van der Waals surface area contributed by atoms with Gasteiger partial charge >= 0.3 is 5.97 Å². The lowest BCUT2D eigenvalue weighted by Crippen LogP contribution is -2.24. The van der Waals surface area contributed by atoms with Crippen molar-refractivity contribution in [1.82, 2.24) is 24.7 Å². The van der Waals surface area contributed by atoms with E-state index in [1.165, 1.54) is 24.3 Å². The van der Waals surface area contributed by atoms with Gasteiger partial charge in [0, 0.05) is 58.7 Å². The minimum atomic E-state index is -0.838. The van der Waals surface area contributed by atoms with Crippen molar-refractivity contribution in [3.63, 3.8) is 0 Å². The Morgan fingerprint density at radius 3 is 2.83 bits per heavy atom. The third-order valence-corrected chi connectivity index (χ3v) is 9.29.